The van der Waals surface area contributed by atoms with Crippen molar-refractivity contribution in [1.82, 2.24) is 20.0 Å². The number of aryl methyl sites for hydroxylation is 1. The lowest BCUT2D eigenvalue weighted by atomic mass is 10.0. The summed E-state index contributed by atoms with van der Waals surface area (Å²) in [6.45, 7) is 2.69. The first kappa shape index (κ1) is 20.9. The normalized spacial score (nSPS) is 14.5. The molecule has 1 saturated heterocycles. The molecule has 3 heterocycles. The molecule has 0 bridgehead atoms. The molecule has 3 aromatic rings. The van der Waals surface area contributed by atoms with E-state index in [4.69, 9.17) is 16.0 Å². The molecule has 0 atom stereocenters. The highest BCUT2D eigenvalue weighted by Crippen LogP contribution is 2.20. The highest BCUT2D eigenvalue weighted by atomic mass is 35.5. The van der Waals surface area contributed by atoms with Crippen LogP contribution < -0.4 is 10.7 Å². The van der Waals surface area contributed by atoms with Crippen molar-refractivity contribution in [2.24, 2.45) is 0 Å². The molecule has 0 spiro atoms. The second kappa shape index (κ2) is 8.77. The number of hydrogen-bond donors (Lipinski definition) is 1. The van der Waals surface area contributed by atoms with E-state index in [1.165, 1.54) is 17.0 Å². The Labute approximate surface area is 183 Å². The molecule has 1 aliphatic heterocycles. The van der Waals surface area contributed by atoms with E-state index in [1.807, 2.05) is 0 Å². The van der Waals surface area contributed by atoms with Gasteiger partial charge in [0.05, 0.1) is 17.0 Å². The Morgan fingerprint density at radius 2 is 1.90 bits per heavy atom. The predicted octanol–water partition coefficient (Wildman–Crippen LogP) is 2.82. The van der Waals surface area contributed by atoms with Crippen LogP contribution in [0.1, 0.15) is 39.6 Å². The maximum Gasteiger partial charge on any atom is 0.289 e. The maximum atomic E-state index is 12.8. The fraction of sp³-hybridized carbons (Fsp3) is 0.273. The number of carbonyl (C=O) groups excluding carboxylic acids is 2. The van der Waals surface area contributed by atoms with E-state index in [2.05, 4.69) is 10.4 Å². The number of benzene rings is 1. The summed E-state index contributed by atoms with van der Waals surface area (Å²) in [6.07, 6.45) is 2.61. The van der Waals surface area contributed by atoms with Crippen LogP contribution in [0.4, 0.5) is 0 Å². The van der Waals surface area contributed by atoms with Crippen molar-refractivity contribution in [2.45, 2.75) is 25.8 Å². The Morgan fingerprint density at radius 1 is 1.16 bits per heavy atom. The van der Waals surface area contributed by atoms with Crippen LogP contribution in [0.2, 0.25) is 5.02 Å². The first-order chi connectivity index (χ1) is 14.9. The third-order valence-electron chi connectivity index (χ3n) is 5.25. The second-order valence-electron chi connectivity index (χ2n) is 7.38. The molecule has 1 aromatic carbocycles. The Kier molecular flexibility index (Phi) is 5.90. The van der Waals surface area contributed by atoms with Gasteiger partial charge in [-0.2, -0.15) is 5.10 Å². The Bertz CT molecular complexity index is 1160. The number of aromatic nitrogens is 2. The van der Waals surface area contributed by atoms with Gasteiger partial charge in [-0.05, 0) is 44.0 Å². The lowest BCUT2D eigenvalue weighted by Crippen LogP contribution is -2.47. The molecule has 2 aromatic heterocycles. The van der Waals surface area contributed by atoms with Crippen molar-refractivity contribution >= 4 is 23.4 Å². The van der Waals surface area contributed by atoms with E-state index in [0.717, 1.165) is 0 Å². The molecule has 0 aliphatic carbocycles. The quantitative estimate of drug-likeness (QED) is 0.672. The molecule has 1 fully saturated rings. The van der Waals surface area contributed by atoms with Gasteiger partial charge in [0.25, 0.3) is 11.8 Å². The first-order valence-corrected chi connectivity index (χ1v) is 10.3. The summed E-state index contributed by atoms with van der Waals surface area (Å²) in [5, 5.41) is 7.61. The minimum atomic E-state index is -0.540. The van der Waals surface area contributed by atoms with Crippen molar-refractivity contribution in [1.29, 1.82) is 0 Å². The largest absolute Gasteiger partial charge is 0.459 e. The number of likely N-dealkylation sites (tertiary alicyclic amines) is 1. The molecule has 1 aliphatic rings. The Morgan fingerprint density at radius 3 is 2.58 bits per heavy atom. The van der Waals surface area contributed by atoms with Crippen LogP contribution in [0.25, 0.3) is 5.69 Å². The topological polar surface area (TPSA) is 97.4 Å². The summed E-state index contributed by atoms with van der Waals surface area (Å²) in [5.74, 6) is -0.411. The standard InChI is InChI=1S/C22H21ClN4O4/c1-14-13-18(28)20(25-27(14)17-6-3-2-5-16(17)23)21(29)24-15-8-10-26(11-9-15)22(30)19-7-4-12-31-19/h2-7,12-13,15H,8-11H2,1H3,(H,24,29). The Balaban J connectivity index is 1.46. The zero-order valence-electron chi connectivity index (χ0n) is 16.9. The van der Waals surface area contributed by atoms with Gasteiger partial charge in [-0.3, -0.25) is 14.4 Å². The van der Waals surface area contributed by atoms with Gasteiger partial charge in [0.15, 0.2) is 11.5 Å². The van der Waals surface area contributed by atoms with Crippen LogP contribution in [0.3, 0.4) is 0 Å². The fourth-order valence-corrected chi connectivity index (χ4v) is 3.82. The van der Waals surface area contributed by atoms with Gasteiger partial charge in [0, 0.05) is 30.9 Å². The van der Waals surface area contributed by atoms with E-state index in [0.29, 0.717) is 48.1 Å². The van der Waals surface area contributed by atoms with E-state index in [9.17, 15) is 14.4 Å². The van der Waals surface area contributed by atoms with Gasteiger partial charge in [0.2, 0.25) is 5.43 Å². The number of furan rings is 1. The number of amides is 2. The summed E-state index contributed by atoms with van der Waals surface area (Å²) >= 11 is 6.26. The third kappa shape index (κ3) is 4.39. The zero-order chi connectivity index (χ0) is 22.0. The molecular formula is C22H21ClN4O4. The van der Waals surface area contributed by atoms with Crippen molar-refractivity contribution in [2.75, 3.05) is 13.1 Å². The van der Waals surface area contributed by atoms with Crippen LogP contribution in [-0.2, 0) is 0 Å². The highest BCUT2D eigenvalue weighted by molar-refractivity contribution is 6.32. The van der Waals surface area contributed by atoms with Gasteiger partial charge >= 0.3 is 0 Å². The number of halogens is 1. The van der Waals surface area contributed by atoms with E-state index in [-0.39, 0.29) is 17.6 Å². The number of para-hydroxylation sites is 1. The number of nitrogens with one attached hydrogen (secondary N) is 1. The molecular weight excluding hydrogens is 420 g/mol. The van der Waals surface area contributed by atoms with E-state index < -0.39 is 11.3 Å². The van der Waals surface area contributed by atoms with E-state index >= 15 is 0 Å². The molecule has 1 N–H and O–H groups in total. The molecule has 0 radical (unpaired) electrons. The number of hydrogen-bond acceptors (Lipinski definition) is 5. The summed E-state index contributed by atoms with van der Waals surface area (Å²) in [4.78, 5) is 39.3. The van der Waals surface area contributed by atoms with Gasteiger partial charge in [-0.25, -0.2) is 4.68 Å². The summed E-state index contributed by atoms with van der Waals surface area (Å²) in [6, 6.07) is 11.6. The van der Waals surface area contributed by atoms with Crippen LogP contribution in [0, 0.1) is 6.92 Å². The first-order valence-electron chi connectivity index (χ1n) is 9.93. The number of carbonyl (C=O) groups is 2. The van der Waals surface area contributed by atoms with Crippen LogP contribution in [0.5, 0.6) is 0 Å². The molecule has 8 nitrogen and oxygen atoms in total. The van der Waals surface area contributed by atoms with Crippen molar-refractivity contribution in [3.05, 3.63) is 81.1 Å². The summed E-state index contributed by atoms with van der Waals surface area (Å²) in [5.41, 5.74) is 0.503. The molecule has 4 rings (SSSR count). The minimum absolute atomic E-state index is 0.163. The Hall–Kier alpha value is -3.39. The van der Waals surface area contributed by atoms with Crippen molar-refractivity contribution in [3.8, 4) is 5.69 Å². The lowest BCUT2D eigenvalue weighted by Gasteiger charge is -2.31. The van der Waals surface area contributed by atoms with Gasteiger partial charge in [-0.1, -0.05) is 23.7 Å². The molecule has 0 saturated carbocycles. The lowest BCUT2D eigenvalue weighted by molar-refractivity contribution is 0.0667. The molecule has 9 heteroatoms. The van der Waals surface area contributed by atoms with Crippen molar-refractivity contribution < 1.29 is 14.0 Å². The predicted molar refractivity (Wildman–Crippen MR) is 115 cm³/mol. The summed E-state index contributed by atoms with van der Waals surface area (Å²) in [7, 11) is 0. The average Bonchev–Trinajstić information content (AvgIpc) is 3.29. The fourth-order valence-electron chi connectivity index (χ4n) is 3.61. The molecule has 0 unspecified atom stereocenters. The SMILES string of the molecule is Cc1cc(=O)c(C(=O)NC2CCN(C(=O)c3ccco3)CC2)nn1-c1ccccc1Cl. The van der Waals surface area contributed by atoms with Gasteiger partial charge < -0.3 is 14.6 Å². The minimum Gasteiger partial charge on any atom is -0.459 e. The van der Waals surface area contributed by atoms with Crippen LogP contribution in [0.15, 0.2) is 57.9 Å². The molecule has 2 amide bonds. The number of nitrogens with zero attached hydrogens (tertiary/aromatic N) is 3. The number of rotatable bonds is 4. The maximum absolute atomic E-state index is 12.8. The third-order valence-corrected chi connectivity index (χ3v) is 5.57. The monoisotopic (exact) mass is 440 g/mol. The smallest absolute Gasteiger partial charge is 0.289 e. The van der Waals surface area contributed by atoms with Gasteiger partial charge in [0.1, 0.15) is 0 Å². The van der Waals surface area contributed by atoms with Gasteiger partial charge in [-0.15, -0.1) is 0 Å². The van der Waals surface area contributed by atoms with Crippen LogP contribution >= 0.6 is 11.6 Å². The molecule has 31 heavy (non-hydrogen) atoms. The number of piperidine rings is 1. The summed E-state index contributed by atoms with van der Waals surface area (Å²) < 4.78 is 6.65. The van der Waals surface area contributed by atoms with Crippen LogP contribution in [-0.4, -0.2) is 45.6 Å². The molecule has 160 valence electrons. The highest BCUT2D eigenvalue weighted by Gasteiger charge is 2.27. The zero-order valence-corrected chi connectivity index (χ0v) is 17.6. The van der Waals surface area contributed by atoms with Crippen molar-refractivity contribution in [3.63, 3.8) is 0 Å². The average molecular weight is 441 g/mol. The van der Waals surface area contributed by atoms with E-state index in [1.54, 1.807) is 48.2 Å². The second-order valence-corrected chi connectivity index (χ2v) is 7.79.